The van der Waals surface area contributed by atoms with E-state index in [2.05, 4.69) is 27.5 Å². The minimum atomic E-state index is 0.918. The maximum atomic E-state index is 4.66. The summed E-state index contributed by atoms with van der Waals surface area (Å²) in [5.74, 6) is 0. The molecule has 2 rings (SSSR count). The summed E-state index contributed by atoms with van der Waals surface area (Å²) >= 11 is 1.78. The molecule has 1 aromatic rings. The first kappa shape index (κ1) is 12.0. The summed E-state index contributed by atoms with van der Waals surface area (Å²) in [5, 5.41) is 6.74. The third-order valence-electron chi connectivity index (χ3n) is 2.96. The van der Waals surface area contributed by atoms with Crippen molar-refractivity contribution in [3.63, 3.8) is 0 Å². The van der Waals surface area contributed by atoms with Crippen LogP contribution in [0.2, 0.25) is 0 Å². The minimum Gasteiger partial charge on any atom is -0.311 e. The number of aromatic nitrogens is 1. The van der Waals surface area contributed by atoms with Gasteiger partial charge in [-0.05, 0) is 32.5 Å². The van der Waals surface area contributed by atoms with Crippen LogP contribution in [0.5, 0.6) is 0 Å². The molecule has 1 fully saturated rings. The third-order valence-corrected chi connectivity index (χ3v) is 3.86. The highest BCUT2D eigenvalue weighted by molar-refractivity contribution is 7.09. The van der Waals surface area contributed by atoms with Gasteiger partial charge in [0.2, 0.25) is 0 Å². The molecule has 1 N–H and O–H groups in total. The smallest absolute Gasteiger partial charge is 0.107 e. The molecule has 0 aliphatic carbocycles. The lowest BCUT2D eigenvalue weighted by Crippen LogP contribution is -2.29. The van der Waals surface area contributed by atoms with Crippen LogP contribution in [0.3, 0.4) is 0 Å². The molecular weight excluding hydrogens is 218 g/mol. The largest absolute Gasteiger partial charge is 0.311 e. The highest BCUT2D eigenvalue weighted by atomic mass is 32.1. The van der Waals surface area contributed by atoms with Crippen LogP contribution in [0.4, 0.5) is 0 Å². The number of thiazole rings is 1. The molecular formula is C12H21N3S. The number of piperidine rings is 1. The van der Waals surface area contributed by atoms with E-state index >= 15 is 0 Å². The Kier molecular flexibility index (Phi) is 4.75. The van der Waals surface area contributed by atoms with Gasteiger partial charge in [0, 0.05) is 18.5 Å². The average Bonchev–Trinajstić information content (AvgIpc) is 2.75. The highest BCUT2D eigenvalue weighted by Crippen LogP contribution is 2.15. The molecule has 3 nitrogen and oxygen atoms in total. The molecule has 0 aromatic carbocycles. The summed E-state index contributed by atoms with van der Waals surface area (Å²) in [6, 6.07) is 0. The van der Waals surface area contributed by atoms with Crippen molar-refractivity contribution in [1.82, 2.24) is 15.2 Å². The predicted octanol–water partition coefficient (Wildman–Crippen LogP) is 2.24. The van der Waals surface area contributed by atoms with E-state index in [9.17, 15) is 0 Å². The zero-order valence-electron chi connectivity index (χ0n) is 10.0. The molecule has 2 heterocycles. The maximum Gasteiger partial charge on any atom is 0.107 e. The van der Waals surface area contributed by atoms with Crippen molar-refractivity contribution >= 4 is 11.3 Å². The molecule has 90 valence electrons. The van der Waals surface area contributed by atoms with Crippen LogP contribution in [-0.4, -0.2) is 29.5 Å². The van der Waals surface area contributed by atoms with Gasteiger partial charge < -0.3 is 5.32 Å². The molecule has 0 atom stereocenters. The second kappa shape index (κ2) is 6.33. The normalized spacial score (nSPS) is 17.8. The molecule has 1 aliphatic rings. The Morgan fingerprint density at radius 1 is 1.38 bits per heavy atom. The first-order chi connectivity index (χ1) is 7.88. The fourth-order valence-corrected chi connectivity index (χ4v) is 2.84. The van der Waals surface area contributed by atoms with Crippen molar-refractivity contribution in [1.29, 1.82) is 0 Å². The van der Waals surface area contributed by atoms with E-state index in [1.54, 1.807) is 11.3 Å². The van der Waals surface area contributed by atoms with Crippen LogP contribution >= 0.6 is 11.3 Å². The molecule has 1 aromatic heterocycles. The monoisotopic (exact) mass is 239 g/mol. The second-order valence-corrected chi connectivity index (χ2v) is 5.29. The number of hydrogen-bond donors (Lipinski definition) is 1. The van der Waals surface area contributed by atoms with Gasteiger partial charge in [-0.1, -0.05) is 13.3 Å². The van der Waals surface area contributed by atoms with Gasteiger partial charge in [-0.15, -0.1) is 11.3 Å². The fraction of sp³-hybridized carbons (Fsp3) is 0.750. The van der Waals surface area contributed by atoms with Crippen LogP contribution in [0.15, 0.2) is 5.38 Å². The van der Waals surface area contributed by atoms with Crippen LogP contribution in [0.25, 0.3) is 0 Å². The van der Waals surface area contributed by atoms with Gasteiger partial charge in [-0.2, -0.15) is 0 Å². The third kappa shape index (κ3) is 3.54. The second-order valence-electron chi connectivity index (χ2n) is 4.35. The SMILES string of the molecule is CCNCc1nc(CN2CCCCC2)cs1. The van der Waals surface area contributed by atoms with Crippen LogP contribution in [-0.2, 0) is 13.1 Å². The van der Waals surface area contributed by atoms with Crippen molar-refractivity contribution < 1.29 is 0 Å². The molecule has 0 saturated carbocycles. The summed E-state index contributed by atoms with van der Waals surface area (Å²) in [6.07, 6.45) is 4.11. The Hall–Kier alpha value is -0.450. The van der Waals surface area contributed by atoms with E-state index in [1.165, 1.54) is 43.1 Å². The lowest BCUT2D eigenvalue weighted by atomic mass is 10.1. The predicted molar refractivity (Wildman–Crippen MR) is 68.6 cm³/mol. The Labute approximate surface area is 102 Å². The number of nitrogens with one attached hydrogen (secondary N) is 1. The number of hydrogen-bond acceptors (Lipinski definition) is 4. The summed E-state index contributed by atoms with van der Waals surface area (Å²) < 4.78 is 0. The topological polar surface area (TPSA) is 28.2 Å². The standard InChI is InChI=1S/C12H21N3S/c1-2-13-8-12-14-11(10-16-12)9-15-6-4-3-5-7-15/h10,13H,2-9H2,1H3. The molecule has 4 heteroatoms. The van der Waals surface area contributed by atoms with E-state index in [0.29, 0.717) is 0 Å². The Bertz CT molecular complexity index is 305. The van der Waals surface area contributed by atoms with Crippen LogP contribution in [0.1, 0.15) is 36.9 Å². The molecule has 0 amide bonds. The first-order valence-corrected chi connectivity index (χ1v) is 7.13. The molecule has 0 radical (unpaired) electrons. The van der Waals surface area contributed by atoms with Crippen molar-refractivity contribution in [2.24, 2.45) is 0 Å². The number of rotatable bonds is 5. The lowest BCUT2D eigenvalue weighted by Gasteiger charge is -2.25. The summed E-state index contributed by atoms with van der Waals surface area (Å²) in [4.78, 5) is 7.18. The molecule has 0 bridgehead atoms. The van der Waals surface area contributed by atoms with Gasteiger partial charge in [-0.25, -0.2) is 4.98 Å². The number of nitrogens with zero attached hydrogens (tertiary/aromatic N) is 2. The summed E-state index contributed by atoms with van der Waals surface area (Å²) in [6.45, 7) is 7.60. The van der Waals surface area contributed by atoms with E-state index in [1.807, 2.05) is 0 Å². The molecule has 16 heavy (non-hydrogen) atoms. The zero-order chi connectivity index (χ0) is 11.2. The summed E-state index contributed by atoms with van der Waals surface area (Å²) in [5.41, 5.74) is 1.25. The Morgan fingerprint density at radius 2 is 2.19 bits per heavy atom. The van der Waals surface area contributed by atoms with Crippen molar-refractivity contribution in [3.8, 4) is 0 Å². The van der Waals surface area contributed by atoms with E-state index in [4.69, 9.17) is 0 Å². The maximum absolute atomic E-state index is 4.66. The van der Waals surface area contributed by atoms with Gasteiger partial charge in [0.15, 0.2) is 0 Å². The van der Waals surface area contributed by atoms with E-state index in [0.717, 1.165) is 19.6 Å². The average molecular weight is 239 g/mol. The van der Waals surface area contributed by atoms with Gasteiger partial charge in [0.05, 0.1) is 5.69 Å². The van der Waals surface area contributed by atoms with Crippen molar-refractivity contribution in [3.05, 3.63) is 16.1 Å². The van der Waals surface area contributed by atoms with Gasteiger partial charge in [0.1, 0.15) is 5.01 Å². The van der Waals surface area contributed by atoms with E-state index < -0.39 is 0 Å². The molecule has 1 aliphatic heterocycles. The van der Waals surface area contributed by atoms with Crippen LogP contribution < -0.4 is 5.32 Å². The number of likely N-dealkylation sites (tertiary alicyclic amines) is 1. The first-order valence-electron chi connectivity index (χ1n) is 6.25. The fourth-order valence-electron chi connectivity index (χ4n) is 2.08. The Balaban J connectivity index is 1.81. The summed E-state index contributed by atoms with van der Waals surface area (Å²) in [7, 11) is 0. The highest BCUT2D eigenvalue weighted by Gasteiger charge is 2.11. The van der Waals surface area contributed by atoms with Crippen molar-refractivity contribution in [2.75, 3.05) is 19.6 Å². The lowest BCUT2D eigenvalue weighted by molar-refractivity contribution is 0.219. The van der Waals surface area contributed by atoms with E-state index in [-0.39, 0.29) is 0 Å². The van der Waals surface area contributed by atoms with Gasteiger partial charge in [0.25, 0.3) is 0 Å². The molecule has 0 unspecified atom stereocenters. The van der Waals surface area contributed by atoms with Gasteiger partial charge >= 0.3 is 0 Å². The van der Waals surface area contributed by atoms with Crippen molar-refractivity contribution in [2.45, 2.75) is 39.3 Å². The molecule has 1 saturated heterocycles. The minimum absolute atomic E-state index is 0.918. The zero-order valence-corrected chi connectivity index (χ0v) is 10.9. The Morgan fingerprint density at radius 3 is 2.94 bits per heavy atom. The van der Waals surface area contributed by atoms with Crippen LogP contribution in [0, 0.1) is 0 Å². The molecule has 0 spiro atoms. The quantitative estimate of drug-likeness (QED) is 0.854. The van der Waals surface area contributed by atoms with Gasteiger partial charge in [-0.3, -0.25) is 4.90 Å².